The van der Waals surface area contributed by atoms with Crippen molar-refractivity contribution in [2.45, 2.75) is 19.6 Å². The van der Waals surface area contributed by atoms with E-state index in [0.29, 0.717) is 13.2 Å². The summed E-state index contributed by atoms with van der Waals surface area (Å²) < 4.78 is 5.46. The maximum absolute atomic E-state index is 10.8. The highest BCUT2D eigenvalue weighted by atomic mass is 16.6. The van der Waals surface area contributed by atoms with Crippen molar-refractivity contribution in [3.8, 4) is 0 Å². The summed E-state index contributed by atoms with van der Waals surface area (Å²) in [6, 6.07) is 4.98. The van der Waals surface area contributed by atoms with Gasteiger partial charge in [-0.3, -0.25) is 15.0 Å². The van der Waals surface area contributed by atoms with E-state index < -0.39 is 4.92 Å². The van der Waals surface area contributed by atoms with Crippen LogP contribution in [-0.4, -0.2) is 35.6 Å². The number of nitrogens with zero attached hydrogens (tertiary/aromatic N) is 2. The smallest absolute Gasteiger partial charge is 0.292 e. The van der Waals surface area contributed by atoms with Gasteiger partial charge >= 0.3 is 0 Å². The summed E-state index contributed by atoms with van der Waals surface area (Å²) in [5.41, 5.74) is 6.67. The number of nitro benzene ring substituents is 1. The van der Waals surface area contributed by atoms with Crippen LogP contribution in [-0.2, 0) is 11.3 Å². The summed E-state index contributed by atoms with van der Waals surface area (Å²) in [7, 11) is 0. The van der Waals surface area contributed by atoms with Gasteiger partial charge in [0.2, 0.25) is 0 Å². The maximum Gasteiger partial charge on any atom is 0.292 e. The Morgan fingerprint density at radius 1 is 1.61 bits per heavy atom. The largest absolute Gasteiger partial charge is 0.393 e. The standard InChI is InChI=1S/C12H17N3O3/c1-9-7-14(4-5-18-9)8-10-2-3-11(13)12(6-10)15(16)17/h2-3,6,9H,4-5,7-8,13H2,1H3. The summed E-state index contributed by atoms with van der Waals surface area (Å²) in [5.74, 6) is 0. The van der Waals surface area contributed by atoms with Crippen molar-refractivity contribution < 1.29 is 9.66 Å². The molecule has 0 spiro atoms. The molecule has 2 rings (SSSR count). The number of anilines is 1. The van der Waals surface area contributed by atoms with Crippen molar-refractivity contribution in [1.29, 1.82) is 0 Å². The third-order valence-electron chi connectivity index (χ3n) is 3.02. The Morgan fingerprint density at radius 2 is 2.39 bits per heavy atom. The molecule has 1 atom stereocenters. The van der Waals surface area contributed by atoms with Gasteiger partial charge in [0, 0.05) is 25.7 Å². The normalized spacial score (nSPS) is 20.8. The Bertz CT molecular complexity index is 450. The highest BCUT2D eigenvalue weighted by Crippen LogP contribution is 2.23. The van der Waals surface area contributed by atoms with Crippen molar-refractivity contribution in [3.05, 3.63) is 33.9 Å². The van der Waals surface area contributed by atoms with E-state index in [4.69, 9.17) is 10.5 Å². The van der Waals surface area contributed by atoms with Crippen LogP contribution in [0, 0.1) is 10.1 Å². The molecule has 6 heteroatoms. The predicted octanol–water partition coefficient (Wildman–Crippen LogP) is 1.40. The highest BCUT2D eigenvalue weighted by Gasteiger charge is 2.18. The number of hydrogen-bond acceptors (Lipinski definition) is 5. The van der Waals surface area contributed by atoms with Crippen molar-refractivity contribution >= 4 is 11.4 Å². The third kappa shape index (κ3) is 2.96. The quantitative estimate of drug-likeness (QED) is 0.499. The van der Waals surface area contributed by atoms with E-state index in [1.807, 2.05) is 13.0 Å². The zero-order valence-corrected chi connectivity index (χ0v) is 10.3. The van der Waals surface area contributed by atoms with Crippen molar-refractivity contribution in [2.75, 3.05) is 25.4 Å². The predicted molar refractivity (Wildman–Crippen MR) is 68.2 cm³/mol. The molecule has 0 amide bonds. The molecule has 0 bridgehead atoms. The van der Waals surface area contributed by atoms with E-state index in [0.717, 1.165) is 18.7 Å². The molecule has 1 aliphatic heterocycles. The lowest BCUT2D eigenvalue weighted by Crippen LogP contribution is -2.40. The fraction of sp³-hybridized carbons (Fsp3) is 0.500. The Hall–Kier alpha value is -1.66. The van der Waals surface area contributed by atoms with E-state index in [1.54, 1.807) is 12.1 Å². The van der Waals surface area contributed by atoms with Gasteiger partial charge in [-0.1, -0.05) is 6.07 Å². The molecule has 0 aromatic heterocycles. The molecule has 1 aromatic rings. The molecule has 1 saturated heterocycles. The number of ether oxygens (including phenoxy) is 1. The lowest BCUT2D eigenvalue weighted by atomic mass is 10.1. The van der Waals surface area contributed by atoms with Gasteiger partial charge in [-0.25, -0.2) is 0 Å². The molecular formula is C12H17N3O3. The molecule has 2 N–H and O–H groups in total. The number of benzene rings is 1. The minimum atomic E-state index is -0.444. The molecule has 18 heavy (non-hydrogen) atoms. The van der Waals surface area contributed by atoms with E-state index in [9.17, 15) is 10.1 Å². The van der Waals surface area contributed by atoms with E-state index in [1.165, 1.54) is 0 Å². The monoisotopic (exact) mass is 251 g/mol. The first-order valence-corrected chi connectivity index (χ1v) is 5.93. The number of nitro groups is 1. The van der Waals surface area contributed by atoms with Gasteiger partial charge in [-0.2, -0.15) is 0 Å². The van der Waals surface area contributed by atoms with Gasteiger partial charge in [-0.15, -0.1) is 0 Å². The van der Waals surface area contributed by atoms with Crippen LogP contribution in [0.25, 0.3) is 0 Å². The Morgan fingerprint density at radius 3 is 3.06 bits per heavy atom. The molecule has 1 unspecified atom stereocenters. The summed E-state index contributed by atoms with van der Waals surface area (Å²) >= 11 is 0. The minimum Gasteiger partial charge on any atom is -0.393 e. The van der Waals surface area contributed by atoms with Gasteiger partial charge in [-0.05, 0) is 18.6 Å². The summed E-state index contributed by atoms with van der Waals surface area (Å²) in [6.45, 7) is 5.12. The van der Waals surface area contributed by atoms with Crippen LogP contribution in [0.4, 0.5) is 11.4 Å². The molecular weight excluding hydrogens is 234 g/mol. The minimum absolute atomic E-state index is 0.0196. The second-order valence-corrected chi connectivity index (χ2v) is 4.57. The van der Waals surface area contributed by atoms with E-state index in [-0.39, 0.29) is 17.5 Å². The molecule has 1 fully saturated rings. The van der Waals surface area contributed by atoms with Crippen molar-refractivity contribution in [3.63, 3.8) is 0 Å². The van der Waals surface area contributed by atoms with Crippen molar-refractivity contribution in [2.24, 2.45) is 0 Å². The number of morpholine rings is 1. The lowest BCUT2D eigenvalue weighted by molar-refractivity contribution is -0.384. The van der Waals surface area contributed by atoms with Crippen LogP contribution in [0.5, 0.6) is 0 Å². The summed E-state index contributed by atoms with van der Waals surface area (Å²) in [6.07, 6.45) is 0.211. The molecule has 1 aromatic carbocycles. The van der Waals surface area contributed by atoms with Crippen LogP contribution in [0.3, 0.4) is 0 Å². The van der Waals surface area contributed by atoms with Gasteiger partial charge in [0.25, 0.3) is 5.69 Å². The summed E-state index contributed by atoms with van der Waals surface area (Å²) in [5, 5.41) is 10.8. The summed E-state index contributed by atoms with van der Waals surface area (Å²) in [4.78, 5) is 12.6. The molecule has 0 saturated carbocycles. The fourth-order valence-corrected chi connectivity index (χ4v) is 2.14. The van der Waals surface area contributed by atoms with E-state index in [2.05, 4.69) is 4.90 Å². The average molecular weight is 251 g/mol. The Labute approximate surface area is 105 Å². The Kier molecular flexibility index (Phi) is 3.78. The first-order valence-electron chi connectivity index (χ1n) is 5.93. The van der Waals surface area contributed by atoms with Gasteiger partial charge in [0.15, 0.2) is 0 Å². The van der Waals surface area contributed by atoms with Crippen LogP contribution in [0.1, 0.15) is 12.5 Å². The second kappa shape index (κ2) is 5.32. The first kappa shape index (κ1) is 12.8. The highest BCUT2D eigenvalue weighted by molar-refractivity contribution is 5.59. The van der Waals surface area contributed by atoms with Gasteiger partial charge in [0.1, 0.15) is 5.69 Å². The molecule has 1 heterocycles. The molecule has 98 valence electrons. The number of rotatable bonds is 3. The maximum atomic E-state index is 10.8. The number of nitrogens with two attached hydrogens (primary N) is 1. The number of nitrogen functional groups attached to an aromatic ring is 1. The molecule has 1 aliphatic rings. The van der Waals surface area contributed by atoms with Gasteiger partial charge < -0.3 is 10.5 Å². The molecule has 6 nitrogen and oxygen atoms in total. The first-order chi connectivity index (χ1) is 8.56. The van der Waals surface area contributed by atoms with Gasteiger partial charge in [0.05, 0.1) is 17.6 Å². The zero-order valence-electron chi connectivity index (χ0n) is 10.3. The Balaban J connectivity index is 2.09. The second-order valence-electron chi connectivity index (χ2n) is 4.57. The van der Waals surface area contributed by atoms with E-state index >= 15 is 0 Å². The van der Waals surface area contributed by atoms with Crippen LogP contribution in [0.15, 0.2) is 18.2 Å². The van der Waals surface area contributed by atoms with Crippen molar-refractivity contribution in [1.82, 2.24) is 4.90 Å². The third-order valence-corrected chi connectivity index (χ3v) is 3.02. The zero-order chi connectivity index (χ0) is 13.1. The van der Waals surface area contributed by atoms with Crippen LogP contribution >= 0.6 is 0 Å². The topological polar surface area (TPSA) is 81.6 Å². The number of hydrogen-bond donors (Lipinski definition) is 1. The molecule has 0 aliphatic carbocycles. The van der Waals surface area contributed by atoms with Crippen LogP contribution < -0.4 is 5.73 Å². The average Bonchev–Trinajstić information content (AvgIpc) is 2.31. The fourth-order valence-electron chi connectivity index (χ4n) is 2.14. The SMILES string of the molecule is CC1CN(Cc2ccc(N)c([N+](=O)[O-])c2)CCO1. The van der Waals surface area contributed by atoms with Crippen LogP contribution in [0.2, 0.25) is 0 Å². The molecule has 0 radical (unpaired) electrons. The lowest BCUT2D eigenvalue weighted by Gasteiger charge is -2.31.